The molecule has 3 N–H and O–H groups in total. The summed E-state index contributed by atoms with van der Waals surface area (Å²) in [6.45, 7) is 7.04. The summed E-state index contributed by atoms with van der Waals surface area (Å²) in [6, 6.07) is 10.9. The van der Waals surface area contributed by atoms with Crippen molar-refractivity contribution >= 4 is 34.7 Å². The number of aromatic nitrogens is 1. The van der Waals surface area contributed by atoms with Gasteiger partial charge >= 0.3 is 0 Å². The van der Waals surface area contributed by atoms with E-state index < -0.39 is 5.41 Å². The summed E-state index contributed by atoms with van der Waals surface area (Å²) in [6.07, 6.45) is 1.61. The molecule has 6 heteroatoms. The van der Waals surface area contributed by atoms with E-state index in [9.17, 15) is 9.59 Å². The second-order valence-electron chi connectivity index (χ2n) is 6.52. The van der Waals surface area contributed by atoms with E-state index in [1.807, 2.05) is 45.0 Å². The molecule has 0 aliphatic heterocycles. The van der Waals surface area contributed by atoms with Gasteiger partial charge in [0.25, 0.3) is 0 Å². The Morgan fingerprint density at radius 1 is 0.875 bits per heavy atom. The van der Waals surface area contributed by atoms with Gasteiger partial charge in [0.2, 0.25) is 11.8 Å². The molecular formula is C18H22N4O2. The molecule has 126 valence electrons. The maximum Gasteiger partial charge on any atom is 0.229 e. The minimum Gasteiger partial charge on any atom is -0.340 e. The van der Waals surface area contributed by atoms with Crippen molar-refractivity contribution in [3.63, 3.8) is 0 Å². The molecule has 0 aliphatic carbocycles. The van der Waals surface area contributed by atoms with E-state index in [2.05, 4.69) is 20.9 Å². The highest BCUT2D eigenvalue weighted by molar-refractivity contribution is 5.94. The van der Waals surface area contributed by atoms with Crippen LogP contribution < -0.4 is 16.0 Å². The highest BCUT2D eigenvalue weighted by atomic mass is 16.2. The Bertz CT molecular complexity index is 716. The zero-order valence-corrected chi connectivity index (χ0v) is 14.3. The maximum absolute atomic E-state index is 11.9. The first-order chi connectivity index (χ1) is 11.2. The molecule has 1 heterocycles. The zero-order chi connectivity index (χ0) is 17.7. The highest BCUT2D eigenvalue weighted by Gasteiger charge is 2.21. The van der Waals surface area contributed by atoms with Crippen LogP contribution in [0.2, 0.25) is 0 Å². The van der Waals surface area contributed by atoms with Crippen LogP contribution in [0.3, 0.4) is 0 Å². The van der Waals surface area contributed by atoms with Crippen molar-refractivity contribution in [3.8, 4) is 0 Å². The Morgan fingerprint density at radius 3 is 1.96 bits per heavy atom. The van der Waals surface area contributed by atoms with E-state index in [1.54, 1.807) is 18.3 Å². The average molecular weight is 326 g/mol. The van der Waals surface area contributed by atoms with Crippen LogP contribution in [0.25, 0.3) is 0 Å². The molecule has 0 atom stereocenters. The Hall–Kier alpha value is -2.89. The van der Waals surface area contributed by atoms with E-state index in [-0.39, 0.29) is 11.8 Å². The second-order valence-corrected chi connectivity index (χ2v) is 6.52. The summed E-state index contributed by atoms with van der Waals surface area (Å²) in [5.74, 6) is 0.500. The third-order valence-electron chi connectivity index (χ3n) is 3.18. The molecule has 0 spiro atoms. The molecule has 6 nitrogen and oxygen atoms in total. The molecule has 0 aliphatic rings. The predicted molar refractivity (Wildman–Crippen MR) is 96.4 cm³/mol. The van der Waals surface area contributed by atoms with Gasteiger partial charge in [0.05, 0.1) is 11.9 Å². The first-order valence-electron chi connectivity index (χ1n) is 7.66. The standard InChI is InChI=1S/C18H22N4O2/c1-12(23)20-13-5-7-14(8-6-13)21-16-10-9-15(11-19-16)22-17(24)18(2,3)4/h5-11H,1-4H3,(H,19,21)(H,20,23)(H,22,24). The van der Waals surface area contributed by atoms with Gasteiger partial charge in [0.15, 0.2) is 0 Å². The van der Waals surface area contributed by atoms with Gasteiger partial charge in [-0.05, 0) is 36.4 Å². The van der Waals surface area contributed by atoms with E-state index >= 15 is 0 Å². The topological polar surface area (TPSA) is 83.1 Å². The summed E-state index contributed by atoms with van der Waals surface area (Å²) in [5.41, 5.74) is 1.79. The number of benzene rings is 1. The second kappa shape index (κ2) is 7.12. The van der Waals surface area contributed by atoms with Crippen molar-refractivity contribution in [2.75, 3.05) is 16.0 Å². The Morgan fingerprint density at radius 2 is 1.46 bits per heavy atom. The fraction of sp³-hybridized carbons (Fsp3) is 0.278. The molecule has 24 heavy (non-hydrogen) atoms. The smallest absolute Gasteiger partial charge is 0.229 e. The van der Waals surface area contributed by atoms with Crippen LogP contribution in [0.15, 0.2) is 42.6 Å². The van der Waals surface area contributed by atoms with Gasteiger partial charge in [-0.15, -0.1) is 0 Å². The van der Waals surface area contributed by atoms with Crippen LogP contribution in [0.1, 0.15) is 27.7 Å². The SMILES string of the molecule is CC(=O)Nc1ccc(Nc2ccc(NC(=O)C(C)(C)C)cn2)cc1. The van der Waals surface area contributed by atoms with Gasteiger partial charge in [-0.25, -0.2) is 4.98 Å². The lowest BCUT2D eigenvalue weighted by Crippen LogP contribution is -2.27. The minimum atomic E-state index is -0.452. The van der Waals surface area contributed by atoms with Crippen LogP contribution in [0.4, 0.5) is 22.9 Å². The molecule has 1 aromatic heterocycles. The summed E-state index contributed by atoms with van der Waals surface area (Å²) in [4.78, 5) is 27.2. The highest BCUT2D eigenvalue weighted by Crippen LogP contribution is 2.20. The molecule has 0 saturated carbocycles. The number of anilines is 4. The first-order valence-corrected chi connectivity index (χ1v) is 7.66. The zero-order valence-electron chi connectivity index (χ0n) is 14.3. The lowest BCUT2D eigenvalue weighted by Gasteiger charge is -2.17. The van der Waals surface area contributed by atoms with Crippen molar-refractivity contribution in [2.24, 2.45) is 5.41 Å². The number of hydrogen-bond acceptors (Lipinski definition) is 4. The number of rotatable bonds is 4. The monoisotopic (exact) mass is 326 g/mol. The molecule has 0 unspecified atom stereocenters. The van der Waals surface area contributed by atoms with E-state index in [4.69, 9.17) is 0 Å². The normalized spacial score (nSPS) is 10.8. The summed E-state index contributed by atoms with van der Waals surface area (Å²) in [5, 5.41) is 8.70. The predicted octanol–water partition coefficient (Wildman–Crippen LogP) is 3.77. The van der Waals surface area contributed by atoms with Gasteiger partial charge in [-0.1, -0.05) is 20.8 Å². The fourth-order valence-corrected chi connectivity index (χ4v) is 1.85. The van der Waals surface area contributed by atoms with Crippen molar-refractivity contribution in [1.82, 2.24) is 4.98 Å². The van der Waals surface area contributed by atoms with Gasteiger partial charge in [-0.3, -0.25) is 9.59 Å². The lowest BCUT2D eigenvalue weighted by molar-refractivity contribution is -0.123. The largest absolute Gasteiger partial charge is 0.340 e. The number of nitrogens with one attached hydrogen (secondary N) is 3. The van der Waals surface area contributed by atoms with Crippen LogP contribution in [-0.2, 0) is 9.59 Å². The van der Waals surface area contributed by atoms with Crippen LogP contribution in [-0.4, -0.2) is 16.8 Å². The van der Waals surface area contributed by atoms with Crippen molar-refractivity contribution < 1.29 is 9.59 Å². The molecule has 0 radical (unpaired) electrons. The molecule has 0 saturated heterocycles. The number of hydrogen-bond donors (Lipinski definition) is 3. The first kappa shape index (κ1) is 17.5. The summed E-state index contributed by atoms with van der Waals surface area (Å²) in [7, 11) is 0. The molecule has 0 bridgehead atoms. The lowest BCUT2D eigenvalue weighted by atomic mass is 9.96. The van der Waals surface area contributed by atoms with Crippen LogP contribution in [0.5, 0.6) is 0 Å². The summed E-state index contributed by atoms with van der Waals surface area (Å²) >= 11 is 0. The van der Waals surface area contributed by atoms with Gasteiger partial charge in [-0.2, -0.15) is 0 Å². The molecule has 0 fully saturated rings. The number of amides is 2. The van der Waals surface area contributed by atoms with Crippen molar-refractivity contribution in [2.45, 2.75) is 27.7 Å². The quantitative estimate of drug-likeness (QED) is 0.798. The number of carbonyl (C=O) groups excluding carboxylic acids is 2. The van der Waals surface area contributed by atoms with Crippen LogP contribution >= 0.6 is 0 Å². The third-order valence-corrected chi connectivity index (χ3v) is 3.18. The summed E-state index contributed by atoms with van der Waals surface area (Å²) < 4.78 is 0. The van der Waals surface area contributed by atoms with Crippen LogP contribution in [0, 0.1) is 5.41 Å². The number of carbonyl (C=O) groups is 2. The average Bonchev–Trinajstić information content (AvgIpc) is 2.50. The van der Waals surface area contributed by atoms with E-state index in [0.717, 1.165) is 11.4 Å². The molecule has 2 rings (SSSR count). The Kier molecular flexibility index (Phi) is 5.18. The Balaban J connectivity index is 1.98. The molecular weight excluding hydrogens is 304 g/mol. The van der Waals surface area contributed by atoms with Gasteiger partial charge in [0.1, 0.15) is 5.82 Å². The van der Waals surface area contributed by atoms with E-state index in [0.29, 0.717) is 11.5 Å². The minimum absolute atomic E-state index is 0.0569. The Labute approximate surface area is 141 Å². The van der Waals surface area contributed by atoms with Crippen molar-refractivity contribution in [1.29, 1.82) is 0 Å². The van der Waals surface area contributed by atoms with Gasteiger partial charge < -0.3 is 16.0 Å². The molecule has 1 aromatic carbocycles. The number of nitrogens with zero attached hydrogens (tertiary/aromatic N) is 1. The molecule has 2 aromatic rings. The maximum atomic E-state index is 11.9. The van der Waals surface area contributed by atoms with E-state index in [1.165, 1.54) is 6.92 Å². The third kappa shape index (κ3) is 5.08. The van der Waals surface area contributed by atoms with Crippen molar-refractivity contribution in [3.05, 3.63) is 42.6 Å². The molecule has 2 amide bonds. The number of pyridine rings is 1. The van der Waals surface area contributed by atoms with Gasteiger partial charge in [0, 0.05) is 23.7 Å². The fourth-order valence-electron chi connectivity index (χ4n) is 1.85.